The van der Waals surface area contributed by atoms with Crippen molar-refractivity contribution < 1.29 is 44.5 Å². The van der Waals surface area contributed by atoms with Crippen LogP contribution in [-0.2, 0) is 19.6 Å². The van der Waals surface area contributed by atoms with Crippen molar-refractivity contribution in [1.82, 2.24) is 0 Å². The van der Waals surface area contributed by atoms with Crippen LogP contribution in [0.3, 0.4) is 0 Å². The summed E-state index contributed by atoms with van der Waals surface area (Å²) in [5, 5.41) is -5.68. The Morgan fingerprint density at radius 1 is 1.00 bits per heavy atom. The summed E-state index contributed by atoms with van der Waals surface area (Å²) in [5.74, 6) is 0.644. The number of unbranched alkanes of at least 4 members (excludes halogenated alkanes) is 1. The van der Waals surface area contributed by atoms with Gasteiger partial charge in [0.15, 0.2) is 0 Å². The maximum atomic E-state index is 13.4. The van der Waals surface area contributed by atoms with Gasteiger partial charge in [-0.3, -0.25) is 9.35 Å². The van der Waals surface area contributed by atoms with Crippen LogP contribution in [0.2, 0.25) is 0 Å². The Morgan fingerprint density at radius 3 is 1.90 bits per heavy atom. The van der Waals surface area contributed by atoms with Gasteiger partial charge in [-0.2, -0.15) is 30.4 Å². The normalized spacial score (nSPS) is 33.0. The van der Waals surface area contributed by atoms with Crippen molar-refractivity contribution in [3.63, 3.8) is 0 Å². The van der Waals surface area contributed by atoms with Crippen molar-refractivity contribution in [3.8, 4) is 0 Å². The number of alkyl halides is 5. The number of carbonyl (C=O) groups is 1. The summed E-state index contributed by atoms with van der Waals surface area (Å²) in [7, 11) is -6.41. The Hall–Kier alpha value is -0.970. The van der Waals surface area contributed by atoms with Crippen LogP contribution < -0.4 is 0 Å². The highest BCUT2D eigenvalue weighted by molar-refractivity contribution is 7.86. The Bertz CT molecular complexity index is 698. The molecule has 168 valence electrons. The van der Waals surface area contributed by atoms with E-state index < -0.39 is 40.0 Å². The molecule has 5 nitrogen and oxygen atoms in total. The van der Waals surface area contributed by atoms with Crippen molar-refractivity contribution in [3.05, 3.63) is 0 Å². The summed E-state index contributed by atoms with van der Waals surface area (Å²) in [6.45, 7) is 0. The van der Waals surface area contributed by atoms with Gasteiger partial charge < -0.3 is 4.74 Å². The summed E-state index contributed by atoms with van der Waals surface area (Å²) in [4.78, 5) is 11.7. The van der Waals surface area contributed by atoms with Gasteiger partial charge >= 0.3 is 27.5 Å². The zero-order chi connectivity index (χ0) is 21.7. The van der Waals surface area contributed by atoms with Crippen molar-refractivity contribution >= 4 is 16.1 Å². The molecule has 0 saturated heterocycles. The van der Waals surface area contributed by atoms with Gasteiger partial charge in [-0.05, 0) is 74.5 Å². The second-order valence-electron chi connectivity index (χ2n) is 9.07. The smallest absolute Gasteiger partial charge is 0.432 e. The molecule has 4 fully saturated rings. The molecule has 0 amide bonds. The van der Waals surface area contributed by atoms with E-state index in [4.69, 9.17) is 4.55 Å². The lowest BCUT2D eigenvalue weighted by Gasteiger charge is -2.57. The first-order valence-electron chi connectivity index (χ1n) is 9.83. The molecule has 29 heavy (non-hydrogen) atoms. The van der Waals surface area contributed by atoms with Gasteiger partial charge in [0.2, 0.25) is 0 Å². The maximum Gasteiger partial charge on any atom is 0.432 e. The van der Waals surface area contributed by atoms with Gasteiger partial charge in [0.25, 0.3) is 6.10 Å². The van der Waals surface area contributed by atoms with Crippen LogP contribution in [0.15, 0.2) is 0 Å². The maximum absolute atomic E-state index is 13.4. The zero-order valence-corrected chi connectivity index (χ0v) is 16.6. The van der Waals surface area contributed by atoms with Gasteiger partial charge in [-0.25, -0.2) is 0 Å². The molecule has 0 aliphatic heterocycles. The van der Waals surface area contributed by atoms with E-state index in [2.05, 4.69) is 4.74 Å². The fourth-order valence-corrected chi connectivity index (χ4v) is 6.47. The predicted octanol–water partition coefficient (Wildman–Crippen LogP) is 4.72. The van der Waals surface area contributed by atoms with Gasteiger partial charge in [-0.15, -0.1) is 0 Å². The van der Waals surface area contributed by atoms with Crippen LogP contribution >= 0.6 is 0 Å². The molecule has 0 spiro atoms. The second-order valence-corrected chi connectivity index (χ2v) is 10.6. The lowest BCUT2D eigenvalue weighted by atomic mass is 9.48. The number of carbonyl (C=O) groups excluding carboxylic acids is 1. The van der Waals surface area contributed by atoms with Gasteiger partial charge in [-0.1, -0.05) is 6.42 Å². The van der Waals surface area contributed by atoms with E-state index in [1.54, 1.807) is 0 Å². The molecule has 1 unspecified atom stereocenters. The highest BCUT2D eigenvalue weighted by Crippen LogP contribution is 2.61. The average molecular weight is 448 g/mol. The summed E-state index contributed by atoms with van der Waals surface area (Å²) < 4.78 is 98.6. The Balaban J connectivity index is 1.50. The Labute approximate surface area is 166 Å². The molecule has 0 radical (unpaired) electrons. The summed E-state index contributed by atoms with van der Waals surface area (Å²) >= 11 is 0. The van der Waals surface area contributed by atoms with E-state index in [0.717, 1.165) is 43.4 Å². The molecule has 0 aromatic heterocycles. The van der Waals surface area contributed by atoms with E-state index >= 15 is 0 Å². The fraction of sp³-hybridized carbons (Fsp3) is 0.944. The zero-order valence-electron chi connectivity index (χ0n) is 15.8. The fourth-order valence-electron chi connectivity index (χ4n) is 6.02. The minimum absolute atomic E-state index is 0.169. The molecule has 0 aromatic carbocycles. The van der Waals surface area contributed by atoms with Crippen molar-refractivity contribution in [2.45, 2.75) is 81.7 Å². The van der Waals surface area contributed by atoms with Gasteiger partial charge in [0, 0.05) is 6.42 Å². The minimum atomic E-state index is -6.41. The van der Waals surface area contributed by atoms with E-state index in [1.165, 1.54) is 19.3 Å². The van der Waals surface area contributed by atoms with Crippen molar-refractivity contribution in [2.24, 2.45) is 23.2 Å². The highest BCUT2D eigenvalue weighted by atomic mass is 32.2. The monoisotopic (exact) mass is 448 g/mol. The molecular weight excluding hydrogens is 423 g/mol. The van der Waals surface area contributed by atoms with E-state index in [-0.39, 0.29) is 11.8 Å². The van der Waals surface area contributed by atoms with E-state index in [0.29, 0.717) is 6.42 Å². The lowest BCUT2D eigenvalue weighted by Crippen LogP contribution is -2.52. The predicted molar refractivity (Wildman–Crippen MR) is 91.5 cm³/mol. The van der Waals surface area contributed by atoms with Crippen LogP contribution in [0.4, 0.5) is 22.0 Å². The summed E-state index contributed by atoms with van der Waals surface area (Å²) in [6.07, 6.45) is -1.83. The van der Waals surface area contributed by atoms with E-state index in [9.17, 15) is 35.2 Å². The largest absolute Gasteiger partial charge is 0.445 e. The van der Waals surface area contributed by atoms with Crippen molar-refractivity contribution in [2.75, 3.05) is 0 Å². The molecule has 4 aliphatic rings. The summed E-state index contributed by atoms with van der Waals surface area (Å²) in [5.41, 5.74) is 0.227. The van der Waals surface area contributed by atoms with Gasteiger partial charge in [0.1, 0.15) is 0 Å². The molecule has 4 aliphatic carbocycles. The molecule has 4 bridgehead atoms. The second kappa shape index (κ2) is 7.62. The lowest BCUT2D eigenvalue weighted by molar-refractivity contribution is -0.259. The number of halogens is 5. The topological polar surface area (TPSA) is 80.7 Å². The molecule has 4 rings (SSSR count). The summed E-state index contributed by atoms with van der Waals surface area (Å²) in [6, 6.07) is 0. The molecule has 11 heteroatoms. The number of hydrogen-bond acceptors (Lipinski definition) is 4. The number of rotatable bonds is 8. The molecular formula is C18H25F5O5S. The molecule has 1 N–H and O–H groups in total. The molecule has 1 atom stereocenters. The molecule has 0 aromatic rings. The van der Waals surface area contributed by atoms with Crippen LogP contribution in [-0.4, -0.2) is 36.5 Å². The van der Waals surface area contributed by atoms with Gasteiger partial charge in [0.05, 0.1) is 0 Å². The number of ether oxygens (including phenoxy) is 1. The first-order valence-corrected chi connectivity index (χ1v) is 11.3. The van der Waals surface area contributed by atoms with Crippen LogP contribution in [0.1, 0.15) is 64.2 Å². The standard InChI is InChI=1S/C18H25F5O5S/c19-17(20,21)15(18(22,23)29(25,26)27)28-14(24)3-1-2-4-16-8-11-5-12(9-16)7-13(6-11)10-16/h11-13,15H,1-10H2,(H,25,26,27). The Morgan fingerprint density at radius 2 is 1.48 bits per heavy atom. The average Bonchev–Trinajstić information content (AvgIpc) is 2.53. The molecule has 4 saturated carbocycles. The SMILES string of the molecule is O=C(CCCCC12CC3CC(CC(C3)C1)C2)OC(C(F)(F)F)C(F)(F)S(=O)(=O)O. The highest BCUT2D eigenvalue weighted by Gasteiger charge is 2.66. The van der Waals surface area contributed by atoms with Crippen LogP contribution in [0.5, 0.6) is 0 Å². The van der Waals surface area contributed by atoms with Crippen molar-refractivity contribution in [1.29, 1.82) is 0 Å². The number of esters is 1. The number of hydrogen-bond donors (Lipinski definition) is 1. The van der Waals surface area contributed by atoms with Crippen LogP contribution in [0.25, 0.3) is 0 Å². The van der Waals surface area contributed by atoms with E-state index in [1.807, 2.05) is 0 Å². The van der Waals surface area contributed by atoms with Crippen LogP contribution in [0, 0.1) is 23.2 Å². The third-order valence-electron chi connectivity index (χ3n) is 6.70. The Kier molecular flexibility index (Phi) is 5.97. The third kappa shape index (κ3) is 4.86. The first-order chi connectivity index (χ1) is 13.2. The quantitative estimate of drug-likeness (QED) is 0.252. The third-order valence-corrected chi connectivity index (χ3v) is 7.60. The minimum Gasteiger partial charge on any atom is -0.445 e. The first kappa shape index (κ1) is 22.7. The molecule has 0 heterocycles.